The first-order chi connectivity index (χ1) is 12.2. The number of carbonyl (C=O) groups is 1. The standard InChI is InChI=1S/C21H23NO3/c1-3-17(15-9-5-4-6-10-15)21(23)22-14-20(24-2)19-13-16-11-7-8-12-18(16)25-19/h4-13,17,20H,3,14H2,1-2H3,(H,22,23). The van der Waals surface area contributed by atoms with E-state index in [0.717, 1.165) is 28.7 Å². The van der Waals surface area contributed by atoms with Gasteiger partial charge in [0, 0.05) is 12.5 Å². The minimum atomic E-state index is -0.315. The summed E-state index contributed by atoms with van der Waals surface area (Å²) < 4.78 is 11.4. The zero-order valence-electron chi connectivity index (χ0n) is 14.6. The molecule has 0 fully saturated rings. The van der Waals surface area contributed by atoms with Crippen molar-refractivity contribution in [2.75, 3.05) is 13.7 Å². The Morgan fingerprint density at radius 3 is 2.52 bits per heavy atom. The molecule has 130 valence electrons. The van der Waals surface area contributed by atoms with Crippen LogP contribution >= 0.6 is 0 Å². The molecule has 0 aliphatic heterocycles. The minimum absolute atomic E-state index is 0.00635. The molecule has 0 spiro atoms. The summed E-state index contributed by atoms with van der Waals surface area (Å²) in [6.45, 7) is 2.39. The molecule has 0 aliphatic carbocycles. The molecule has 0 radical (unpaired) electrons. The summed E-state index contributed by atoms with van der Waals surface area (Å²) in [4.78, 5) is 12.6. The van der Waals surface area contributed by atoms with Gasteiger partial charge in [0.1, 0.15) is 17.4 Å². The van der Waals surface area contributed by atoms with E-state index in [9.17, 15) is 4.79 Å². The van der Waals surface area contributed by atoms with Gasteiger partial charge in [0.05, 0.1) is 12.5 Å². The van der Waals surface area contributed by atoms with E-state index < -0.39 is 0 Å². The van der Waals surface area contributed by atoms with Gasteiger partial charge in [-0.1, -0.05) is 55.5 Å². The number of ether oxygens (including phenoxy) is 1. The number of hydrogen-bond acceptors (Lipinski definition) is 3. The fourth-order valence-corrected chi connectivity index (χ4v) is 3.04. The molecule has 3 rings (SSSR count). The van der Waals surface area contributed by atoms with Gasteiger partial charge in [-0.2, -0.15) is 0 Å². The second-order valence-corrected chi connectivity index (χ2v) is 6.03. The highest BCUT2D eigenvalue weighted by atomic mass is 16.5. The number of benzene rings is 2. The molecule has 1 amide bonds. The Hall–Kier alpha value is -2.59. The summed E-state index contributed by atoms with van der Waals surface area (Å²) in [5.41, 5.74) is 1.85. The van der Waals surface area contributed by atoms with E-state index in [1.165, 1.54) is 0 Å². The number of methoxy groups -OCH3 is 1. The van der Waals surface area contributed by atoms with Gasteiger partial charge in [-0.3, -0.25) is 4.79 Å². The van der Waals surface area contributed by atoms with Crippen molar-refractivity contribution in [2.24, 2.45) is 0 Å². The first kappa shape index (κ1) is 17.2. The fraction of sp³-hybridized carbons (Fsp3) is 0.286. The first-order valence-electron chi connectivity index (χ1n) is 8.56. The van der Waals surface area contributed by atoms with Crippen molar-refractivity contribution in [1.29, 1.82) is 0 Å². The van der Waals surface area contributed by atoms with Crippen LogP contribution in [0, 0.1) is 0 Å². The second-order valence-electron chi connectivity index (χ2n) is 6.03. The van der Waals surface area contributed by atoms with Crippen molar-refractivity contribution >= 4 is 16.9 Å². The summed E-state index contributed by atoms with van der Waals surface area (Å²) in [5.74, 6) is 0.568. The third-order valence-electron chi connectivity index (χ3n) is 4.43. The lowest BCUT2D eigenvalue weighted by molar-refractivity contribution is -0.123. The highest BCUT2D eigenvalue weighted by molar-refractivity contribution is 5.83. The van der Waals surface area contributed by atoms with Crippen LogP contribution in [0.3, 0.4) is 0 Å². The maximum Gasteiger partial charge on any atom is 0.227 e. The monoisotopic (exact) mass is 337 g/mol. The van der Waals surface area contributed by atoms with Gasteiger partial charge in [0.25, 0.3) is 0 Å². The molecule has 1 heterocycles. The molecule has 25 heavy (non-hydrogen) atoms. The van der Waals surface area contributed by atoms with E-state index in [4.69, 9.17) is 9.15 Å². The normalized spacial score (nSPS) is 13.5. The molecule has 0 saturated heterocycles. The van der Waals surface area contributed by atoms with Crippen LogP contribution in [-0.2, 0) is 9.53 Å². The minimum Gasteiger partial charge on any atom is -0.458 e. The Morgan fingerprint density at radius 1 is 1.12 bits per heavy atom. The summed E-state index contributed by atoms with van der Waals surface area (Å²) in [6, 6.07) is 19.6. The lowest BCUT2D eigenvalue weighted by Crippen LogP contribution is -2.33. The Labute approximate surface area is 147 Å². The van der Waals surface area contributed by atoms with E-state index in [0.29, 0.717) is 6.54 Å². The molecule has 1 aromatic heterocycles. The first-order valence-corrected chi connectivity index (χ1v) is 8.56. The summed E-state index contributed by atoms with van der Waals surface area (Å²) >= 11 is 0. The number of nitrogens with one attached hydrogen (secondary N) is 1. The molecule has 3 aromatic rings. The molecule has 1 N–H and O–H groups in total. The zero-order chi connectivity index (χ0) is 17.6. The van der Waals surface area contributed by atoms with Crippen LogP contribution < -0.4 is 5.32 Å². The maximum absolute atomic E-state index is 12.6. The predicted molar refractivity (Wildman–Crippen MR) is 98.4 cm³/mol. The van der Waals surface area contributed by atoms with E-state index in [1.54, 1.807) is 7.11 Å². The van der Waals surface area contributed by atoms with Crippen LogP contribution in [0.25, 0.3) is 11.0 Å². The Kier molecular flexibility index (Phi) is 5.51. The summed E-state index contributed by atoms with van der Waals surface area (Å²) in [5, 5.41) is 4.03. The molecule has 2 aromatic carbocycles. The topological polar surface area (TPSA) is 51.5 Å². The van der Waals surface area contributed by atoms with Gasteiger partial charge in [0.2, 0.25) is 5.91 Å². The zero-order valence-corrected chi connectivity index (χ0v) is 14.6. The highest BCUT2D eigenvalue weighted by Crippen LogP contribution is 2.26. The van der Waals surface area contributed by atoms with Crippen molar-refractivity contribution in [3.8, 4) is 0 Å². The van der Waals surface area contributed by atoms with E-state index in [-0.39, 0.29) is 17.9 Å². The Bertz CT molecular complexity index is 792. The summed E-state index contributed by atoms with van der Waals surface area (Å²) in [6.07, 6.45) is 0.433. The number of fused-ring (bicyclic) bond motifs is 1. The average molecular weight is 337 g/mol. The molecule has 0 aliphatic rings. The maximum atomic E-state index is 12.6. The highest BCUT2D eigenvalue weighted by Gasteiger charge is 2.21. The van der Waals surface area contributed by atoms with Crippen LogP contribution in [0.1, 0.15) is 36.7 Å². The molecule has 0 saturated carbocycles. The smallest absolute Gasteiger partial charge is 0.227 e. The molecular formula is C21H23NO3. The number of hydrogen-bond donors (Lipinski definition) is 1. The molecule has 4 nitrogen and oxygen atoms in total. The second kappa shape index (κ2) is 7.99. The van der Waals surface area contributed by atoms with Crippen LogP contribution in [0.2, 0.25) is 0 Å². The number of amides is 1. The van der Waals surface area contributed by atoms with Crippen molar-refractivity contribution in [3.63, 3.8) is 0 Å². The van der Waals surface area contributed by atoms with E-state index in [1.807, 2.05) is 67.6 Å². The Morgan fingerprint density at radius 2 is 1.84 bits per heavy atom. The lowest BCUT2D eigenvalue weighted by Gasteiger charge is -2.18. The largest absolute Gasteiger partial charge is 0.458 e. The van der Waals surface area contributed by atoms with Crippen molar-refractivity contribution in [3.05, 3.63) is 72.0 Å². The summed E-state index contributed by atoms with van der Waals surface area (Å²) in [7, 11) is 1.62. The number of furan rings is 1. The van der Waals surface area contributed by atoms with Gasteiger partial charge < -0.3 is 14.5 Å². The Balaban J connectivity index is 1.68. The molecular weight excluding hydrogens is 314 g/mol. The van der Waals surface area contributed by atoms with E-state index in [2.05, 4.69) is 5.32 Å². The third kappa shape index (κ3) is 3.91. The van der Waals surface area contributed by atoms with Crippen molar-refractivity contribution < 1.29 is 13.9 Å². The van der Waals surface area contributed by atoms with Crippen LogP contribution in [0.4, 0.5) is 0 Å². The number of carbonyl (C=O) groups excluding carboxylic acids is 1. The quantitative estimate of drug-likeness (QED) is 0.694. The van der Waals surface area contributed by atoms with Crippen molar-refractivity contribution in [1.82, 2.24) is 5.32 Å². The number of rotatable bonds is 7. The van der Waals surface area contributed by atoms with Crippen LogP contribution in [-0.4, -0.2) is 19.6 Å². The predicted octanol–water partition coefficient (Wildman–Crippen LogP) is 4.43. The van der Waals surface area contributed by atoms with Crippen LogP contribution in [0.15, 0.2) is 65.1 Å². The van der Waals surface area contributed by atoms with Gasteiger partial charge in [-0.25, -0.2) is 0 Å². The van der Waals surface area contributed by atoms with Gasteiger partial charge in [0.15, 0.2) is 0 Å². The lowest BCUT2D eigenvalue weighted by atomic mass is 9.95. The SMILES string of the molecule is CCC(C(=O)NCC(OC)c1cc2ccccc2o1)c1ccccc1. The number of para-hydroxylation sites is 1. The van der Waals surface area contributed by atoms with Gasteiger partial charge in [-0.15, -0.1) is 0 Å². The third-order valence-corrected chi connectivity index (χ3v) is 4.43. The van der Waals surface area contributed by atoms with Gasteiger partial charge >= 0.3 is 0 Å². The molecule has 2 atom stereocenters. The van der Waals surface area contributed by atoms with Crippen molar-refractivity contribution in [2.45, 2.75) is 25.4 Å². The molecule has 4 heteroatoms. The van der Waals surface area contributed by atoms with Crippen LogP contribution in [0.5, 0.6) is 0 Å². The molecule has 0 bridgehead atoms. The average Bonchev–Trinajstić information content (AvgIpc) is 3.07. The molecule has 2 unspecified atom stereocenters. The fourth-order valence-electron chi connectivity index (χ4n) is 3.04. The van der Waals surface area contributed by atoms with E-state index >= 15 is 0 Å². The van der Waals surface area contributed by atoms with Gasteiger partial charge in [-0.05, 0) is 24.1 Å².